The van der Waals surface area contributed by atoms with E-state index in [0.29, 0.717) is 5.02 Å². The molecule has 2 aromatic rings. The number of rotatable bonds is 6. The maximum absolute atomic E-state index is 12.5. The summed E-state index contributed by atoms with van der Waals surface area (Å²) in [4.78, 5) is -0.0129. The minimum atomic E-state index is -3.75. The number of nitrogens with one attached hydrogen (secondary N) is 1. The molecular formula is C17H19Cl2NO2S. The van der Waals surface area contributed by atoms with Gasteiger partial charge in [0.05, 0.1) is 5.02 Å². The van der Waals surface area contributed by atoms with Gasteiger partial charge >= 0.3 is 0 Å². The lowest BCUT2D eigenvalue weighted by molar-refractivity contribution is 0.567. The molecule has 0 saturated heterocycles. The summed E-state index contributed by atoms with van der Waals surface area (Å²) < 4.78 is 27.6. The molecule has 1 unspecified atom stereocenters. The summed E-state index contributed by atoms with van der Waals surface area (Å²) in [7, 11) is -3.75. The first kappa shape index (κ1) is 18.3. The predicted octanol–water partition coefficient (Wildman–Crippen LogP) is 4.99. The molecule has 0 radical (unpaired) electrons. The maximum atomic E-state index is 12.5. The second-order valence-electron chi connectivity index (χ2n) is 5.41. The number of sulfonamides is 1. The molecule has 0 aliphatic carbocycles. The third kappa shape index (κ3) is 4.70. The van der Waals surface area contributed by atoms with Crippen LogP contribution in [0, 0.1) is 0 Å². The fourth-order valence-electron chi connectivity index (χ4n) is 2.31. The van der Waals surface area contributed by atoms with E-state index in [0.717, 1.165) is 18.4 Å². The molecule has 0 saturated carbocycles. The molecule has 2 aromatic carbocycles. The Morgan fingerprint density at radius 3 is 2.35 bits per heavy atom. The van der Waals surface area contributed by atoms with Gasteiger partial charge in [-0.05, 0) is 42.7 Å². The molecule has 0 fully saturated rings. The number of hydrogen-bond donors (Lipinski definition) is 1. The summed E-state index contributed by atoms with van der Waals surface area (Å²) >= 11 is 11.9. The van der Waals surface area contributed by atoms with E-state index >= 15 is 0 Å². The van der Waals surface area contributed by atoms with Crippen molar-refractivity contribution in [2.24, 2.45) is 0 Å². The van der Waals surface area contributed by atoms with Crippen LogP contribution in [-0.4, -0.2) is 8.42 Å². The van der Waals surface area contributed by atoms with Crippen LogP contribution in [0.2, 0.25) is 10.0 Å². The first-order chi connectivity index (χ1) is 10.8. The van der Waals surface area contributed by atoms with Crippen molar-refractivity contribution < 1.29 is 8.42 Å². The molecule has 2 rings (SSSR count). The monoisotopic (exact) mass is 371 g/mol. The van der Waals surface area contributed by atoms with Crippen molar-refractivity contribution >= 4 is 33.2 Å². The van der Waals surface area contributed by atoms with Crippen LogP contribution < -0.4 is 4.72 Å². The summed E-state index contributed by atoms with van der Waals surface area (Å²) in [5.41, 5.74) is 2.13. The molecule has 3 nitrogen and oxygen atoms in total. The van der Waals surface area contributed by atoms with Crippen molar-refractivity contribution in [3.8, 4) is 0 Å². The van der Waals surface area contributed by atoms with Crippen LogP contribution in [0.4, 0.5) is 0 Å². The van der Waals surface area contributed by atoms with Gasteiger partial charge in [0.25, 0.3) is 0 Å². The van der Waals surface area contributed by atoms with Gasteiger partial charge in [-0.3, -0.25) is 0 Å². The SMILES string of the molecule is CCCc1ccc(C(C)NS(=O)(=O)c2cc(Cl)ccc2Cl)cc1. The van der Waals surface area contributed by atoms with Crippen molar-refractivity contribution in [3.05, 3.63) is 63.6 Å². The summed E-state index contributed by atoms with van der Waals surface area (Å²) in [6, 6.07) is 11.9. The fraction of sp³-hybridized carbons (Fsp3) is 0.294. The maximum Gasteiger partial charge on any atom is 0.242 e. The van der Waals surface area contributed by atoms with Crippen molar-refractivity contribution in [2.75, 3.05) is 0 Å². The molecule has 6 heteroatoms. The van der Waals surface area contributed by atoms with Gasteiger partial charge in [-0.2, -0.15) is 0 Å². The van der Waals surface area contributed by atoms with Gasteiger partial charge in [-0.15, -0.1) is 0 Å². The first-order valence-corrected chi connectivity index (χ1v) is 9.63. The highest BCUT2D eigenvalue weighted by Gasteiger charge is 2.21. The van der Waals surface area contributed by atoms with E-state index in [4.69, 9.17) is 23.2 Å². The normalized spacial score (nSPS) is 13.0. The molecule has 1 atom stereocenters. The van der Waals surface area contributed by atoms with Gasteiger partial charge in [0.15, 0.2) is 0 Å². The standard InChI is InChI=1S/C17H19Cl2NO2S/c1-3-4-13-5-7-14(8-6-13)12(2)20-23(21,22)17-11-15(18)9-10-16(17)19/h5-12,20H,3-4H2,1-2H3. The van der Waals surface area contributed by atoms with Crippen LogP contribution >= 0.6 is 23.2 Å². The Kier molecular flexibility index (Phi) is 6.09. The smallest absolute Gasteiger partial charge is 0.207 e. The molecule has 0 aliphatic rings. The minimum Gasteiger partial charge on any atom is -0.207 e. The van der Waals surface area contributed by atoms with E-state index in [2.05, 4.69) is 11.6 Å². The Morgan fingerprint density at radius 1 is 1.09 bits per heavy atom. The largest absolute Gasteiger partial charge is 0.242 e. The topological polar surface area (TPSA) is 46.2 Å². The van der Waals surface area contributed by atoms with Gasteiger partial charge < -0.3 is 0 Å². The Balaban J connectivity index is 2.21. The Hall–Kier alpha value is -1.07. The average molecular weight is 372 g/mol. The quantitative estimate of drug-likeness (QED) is 0.777. The van der Waals surface area contributed by atoms with Crippen molar-refractivity contribution in [2.45, 2.75) is 37.6 Å². The van der Waals surface area contributed by atoms with Crippen molar-refractivity contribution in [1.82, 2.24) is 4.72 Å². The lowest BCUT2D eigenvalue weighted by atomic mass is 10.0. The summed E-state index contributed by atoms with van der Waals surface area (Å²) in [5.74, 6) is 0. The number of halogens is 2. The van der Waals surface area contributed by atoms with Crippen LogP contribution in [0.25, 0.3) is 0 Å². The molecule has 0 spiro atoms. The molecule has 0 aromatic heterocycles. The minimum absolute atomic E-state index is 0.0129. The lowest BCUT2D eigenvalue weighted by Crippen LogP contribution is -2.27. The third-order valence-electron chi connectivity index (χ3n) is 3.53. The van der Waals surface area contributed by atoms with Crippen LogP contribution in [0.5, 0.6) is 0 Å². The summed E-state index contributed by atoms with van der Waals surface area (Å²) in [6.45, 7) is 3.92. The van der Waals surface area contributed by atoms with Gasteiger partial charge in [0.2, 0.25) is 10.0 Å². The Bertz CT molecular complexity index is 774. The fourth-order valence-corrected chi connectivity index (χ4v) is 4.30. The molecule has 1 N–H and O–H groups in total. The van der Waals surface area contributed by atoms with Crippen molar-refractivity contribution in [1.29, 1.82) is 0 Å². The zero-order chi connectivity index (χ0) is 17.0. The Labute approximate surface area is 147 Å². The third-order valence-corrected chi connectivity index (χ3v) is 5.79. The molecule has 0 bridgehead atoms. The first-order valence-electron chi connectivity index (χ1n) is 7.39. The average Bonchev–Trinajstić information content (AvgIpc) is 2.50. The van der Waals surface area contributed by atoms with Gasteiger partial charge in [-0.25, -0.2) is 13.1 Å². The zero-order valence-corrected chi connectivity index (χ0v) is 15.3. The lowest BCUT2D eigenvalue weighted by Gasteiger charge is -2.16. The van der Waals surface area contributed by atoms with E-state index in [-0.39, 0.29) is 16.0 Å². The number of benzene rings is 2. The van der Waals surface area contributed by atoms with Crippen molar-refractivity contribution in [3.63, 3.8) is 0 Å². The molecule has 23 heavy (non-hydrogen) atoms. The van der Waals surface area contributed by atoms with Gasteiger partial charge in [-0.1, -0.05) is 60.8 Å². The van der Waals surface area contributed by atoms with E-state index < -0.39 is 10.0 Å². The predicted molar refractivity (Wildman–Crippen MR) is 95.6 cm³/mol. The zero-order valence-electron chi connectivity index (χ0n) is 13.0. The van der Waals surface area contributed by atoms with E-state index in [9.17, 15) is 8.42 Å². The molecule has 0 amide bonds. The summed E-state index contributed by atoms with van der Waals surface area (Å²) in [5, 5.41) is 0.471. The second kappa shape index (κ2) is 7.67. The van der Waals surface area contributed by atoms with E-state index in [1.54, 1.807) is 13.0 Å². The molecular weight excluding hydrogens is 353 g/mol. The molecule has 0 aliphatic heterocycles. The van der Waals surface area contributed by atoms with E-state index in [1.807, 2.05) is 24.3 Å². The highest BCUT2D eigenvalue weighted by atomic mass is 35.5. The Morgan fingerprint density at radius 2 is 1.74 bits per heavy atom. The van der Waals surface area contributed by atoms with Crippen LogP contribution in [0.15, 0.2) is 47.4 Å². The number of hydrogen-bond acceptors (Lipinski definition) is 2. The van der Waals surface area contributed by atoms with Gasteiger partial charge in [0, 0.05) is 11.1 Å². The highest BCUT2D eigenvalue weighted by Crippen LogP contribution is 2.26. The van der Waals surface area contributed by atoms with Crippen LogP contribution in [0.1, 0.15) is 37.4 Å². The highest BCUT2D eigenvalue weighted by molar-refractivity contribution is 7.89. The van der Waals surface area contributed by atoms with Gasteiger partial charge in [0.1, 0.15) is 4.90 Å². The van der Waals surface area contributed by atoms with Crippen LogP contribution in [-0.2, 0) is 16.4 Å². The molecule has 0 heterocycles. The summed E-state index contributed by atoms with van der Waals surface area (Å²) in [6.07, 6.45) is 2.09. The molecule has 124 valence electrons. The second-order valence-corrected chi connectivity index (χ2v) is 7.94. The van der Waals surface area contributed by atoms with E-state index in [1.165, 1.54) is 17.7 Å². The van der Waals surface area contributed by atoms with Crippen LogP contribution in [0.3, 0.4) is 0 Å². The number of aryl methyl sites for hydroxylation is 1.